The predicted molar refractivity (Wildman–Crippen MR) is 109 cm³/mol. The molecule has 6 nitrogen and oxygen atoms in total. The number of halogens is 2. The summed E-state index contributed by atoms with van der Waals surface area (Å²) in [6.45, 7) is 1.10. The van der Waals surface area contributed by atoms with Crippen molar-refractivity contribution in [2.45, 2.75) is 13.1 Å². The fraction of sp³-hybridized carbons (Fsp3) is 0.235. The second kappa shape index (κ2) is 8.07. The van der Waals surface area contributed by atoms with E-state index >= 15 is 0 Å². The van der Waals surface area contributed by atoms with E-state index in [0.717, 1.165) is 11.3 Å². The number of nitrogens with zero attached hydrogens (tertiary/aromatic N) is 5. The van der Waals surface area contributed by atoms with Crippen molar-refractivity contribution in [3.63, 3.8) is 0 Å². The van der Waals surface area contributed by atoms with Crippen LogP contribution in [0.25, 0.3) is 0 Å². The Kier molecular flexibility index (Phi) is 5.80. The number of rotatable bonds is 5. The standard InChI is InChI=1S/C17H18Cl2N6S/c1-23(10-12-6-8-24(2)21-12)17(26)20-16-7-9-25(22-16)11-13-14(18)4-3-5-15(13)19/h3-9H,10-11H2,1-2H3,(H,20,22,26). The third-order valence-electron chi connectivity index (χ3n) is 3.77. The van der Waals surface area contributed by atoms with Gasteiger partial charge in [-0.05, 0) is 30.4 Å². The van der Waals surface area contributed by atoms with Crippen molar-refractivity contribution in [3.8, 4) is 0 Å². The summed E-state index contributed by atoms with van der Waals surface area (Å²) in [5, 5.41) is 13.8. The predicted octanol–water partition coefficient (Wildman–Crippen LogP) is 3.80. The van der Waals surface area contributed by atoms with Gasteiger partial charge in [-0.15, -0.1) is 0 Å². The number of anilines is 1. The smallest absolute Gasteiger partial charge is 0.174 e. The van der Waals surface area contributed by atoms with Crippen LogP contribution >= 0.6 is 35.4 Å². The summed E-state index contributed by atoms with van der Waals surface area (Å²) in [5.74, 6) is 0.658. The van der Waals surface area contributed by atoms with Crippen LogP contribution in [0.1, 0.15) is 11.3 Å². The molecule has 0 radical (unpaired) electrons. The van der Waals surface area contributed by atoms with Gasteiger partial charge in [0.15, 0.2) is 10.9 Å². The minimum Gasteiger partial charge on any atom is -0.346 e. The summed E-state index contributed by atoms with van der Waals surface area (Å²) >= 11 is 17.9. The summed E-state index contributed by atoms with van der Waals surface area (Å²) in [6.07, 6.45) is 3.75. The fourth-order valence-corrected chi connectivity index (χ4v) is 3.12. The van der Waals surface area contributed by atoms with E-state index in [4.69, 9.17) is 35.4 Å². The average molecular weight is 409 g/mol. The first-order valence-electron chi connectivity index (χ1n) is 7.89. The summed E-state index contributed by atoms with van der Waals surface area (Å²) in [6, 6.07) is 9.26. The minimum atomic E-state index is 0.483. The molecule has 0 aliphatic carbocycles. The first-order valence-corrected chi connectivity index (χ1v) is 9.06. The number of benzene rings is 1. The molecule has 0 amide bonds. The van der Waals surface area contributed by atoms with Crippen LogP contribution in [0.4, 0.5) is 5.82 Å². The lowest BCUT2D eigenvalue weighted by Gasteiger charge is -2.18. The van der Waals surface area contributed by atoms with Gasteiger partial charge in [0, 0.05) is 48.2 Å². The van der Waals surface area contributed by atoms with Gasteiger partial charge in [0.05, 0.1) is 18.8 Å². The van der Waals surface area contributed by atoms with Crippen molar-refractivity contribution in [2.24, 2.45) is 7.05 Å². The zero-order chi connectivity index (χ0) is 18.7. The van der Waals surface area contributed by atoms with Crippen LogP contribution in [-0.4, -0.2) is 36.6 Å². The molecule has 3 rings (SSSR count). The van der Waals surface area contributed by atoms with Crippen LogP contribution in [0.3, 0.4) is 0 Å². The maximum absolute atomic E-state index is 6.21. The highest BCUT2D eigenvalue weighted by molar-refractivity contribution is 7.80. The molecule has 0 aliphatic rings. The van der Waals surface area contributed by atoms with Crippen LogP contribution in [-0.2, 0) is 20.1 Å². The molecule has 0 unspecified atom stereocenters. The van der Waals surface area contributed by atoms with Crippen LogP contribution in [0.5, 0.6) is 0 Å². The van der Waals surface area contributed by atoms with E-state index in [2.05, 4.69) is 15.5 Å². The minimum absolute atomic E-state index is 0.483. The number of nitrogens with one attached hydrogen (secondary N) is 1. The second-order valence-electron chi connectivity index (χ2n) is 5.87. The highest BCUT2D eigenvalue weighted by atomic mass is 35.5. The van der Waals surface area contributed by atoms with Crippen molar-refractivity contribution in [2.75, 3.05) is 12.4 Å². The van der Waals surface area contributed by atoms with E-state index in [9.17, 15) is 0 Å². The molecule has 0 fully saturated rings. The van der Waals surface area contributed by atoms with Gasteiger partial charge in [-0.2, -0.15) is 10.2 Å². The third-order valence-corrected chi connectivity index (χ3v) is 4.89. The molecule has 2 heterocycles. The zero-order valence-corrected chi connectivity index (χ0v) is 16.7. The van der Waals surface area contributed by atoms with Gasteiger partial charge in [-0.3, -0.25) is 9.36 Å². The lowest BCUT2D eigenvalue weighted by Crippen LogP contribution is -2.31. The zero-order valence-electron chi connectivity index (χ0n) is 14.4. The average Bonchev–Trinajstić information content (AvgIpc) is 3.20. The van der Waals surface area contributed by atoms with Crippen molar-refractivity contribution < 1.29 is 0 Å². The van der Waals surface area contributed by atoms with Crippen molar-refractivity contribution in [3.05, 3.63) is 64.0 Å². The molecule has 9 heteroatoms. The van der Waals surface area contributed by atoms with E-state index in [0.29, 0.717) is 34.1 Å². The monoisotopic (exact) mass is 408 g/mol. The number of aryl methyl sites for hydroxylation is 1. The van der Waals surface area contributed by atoms with Crippen molar-refractivity contribution in [1.82, 2.24) is 24.5 Å². The summed E-state index contributed by atoms with van der Waals surface area (Å²) in [4.78, 5) is 1.90. The van der Waals surface area contributed by atoms with Gasteiger partial charge in [0.2, 0.25) is 0 Å². The third kappa shape index (κ3) is 4.55. The van der Waals surface area contributed by atoms with E-state index < -0.39 is 0 Å². The second-order valence-corrected chi connectivity index (χ2v) is 7.07. The molecule has 2 aromatic heterocycles. The van der Waals surface area contributed by atoms with Gasteiger partial charge >= 0.3 is 0 Å². The Hall–Kier alpha value is -2.09. The molecule has 3 aromatic rings. The van der Waals surface area contributed by atoms with E-state index in [-0.39, 0.29) is 0 Å². The SMILES string of the molecule is CN(Cc1ccn(C)n1)C(=S)Nc1ccn(Cc2c(Cl)cccc2Cl)n1. The Bertz CT molecular complexity index is 899. The van der Waals surface area contributed by atoms with Crippen LogP contribution in [0.2, 0.25) is 10.0 Å². The lowest BCUT2D eigenvalue weighted by molar-refractivity contribution is 0.495. The van der Waals surface area contributed by atoms with Crippen molar-refractivity contribution in [1.29, 1.82) is 0 Å². The topological polar surface area (TPSA) is 50.9 Å². The van der Waals surface area contributed by atoms with E-state index in [1.54, 1.807) is 9.36 Å². The first kappa shape index (κ1) is 18.7. The molecule has 136 valence electrons. The van der Waals surface area contributed by atoms with Gasteiger partial charge < -0.3 is 10.2 Å². The first-order chi connectivity index (χ1) is 12.4. The van der Waals surface area contributed by atoms with Crippen LogP contribution < -0.4 is 5.32 Å². The maximum Gasteiger partial charge on any atom is 0.174 e. The Morgan fingerprint density at radius 3 is 2.54 bits per heavy atom. The Morgan fingerprint density at radius 2 is 1.88 bits per heavy atom. The number of hydrogen-bond donors (Lipinski definition) is 1. The largest absolute Gasteiger partial charge is 0.346 e. The molecular formula is C17H18Cl2N6S. The van der Waals surface area contributed by atoms with Gasteiger partial charge in [-0.1, -0.05) is 29.3 Å². The molecule has 0 aliphatic heterocycles. The van der Waals surface area contributed by atoms with Crippen LogP contribution in [0, 0.1) is 0 Å². The van der Waals surface area contributed by atoms with Gasteiger partial charge in [0.1, 0.15) is 0 Å². The Balaban J connectivity index is 1.61. The quantitative estimate of drug-likeness (QED) is 0.650. The van der Waals surface area contributed by atoms with Crippen molar-refractivity contribution >= 4 is 46.4 Å². The molecule has 0 saturated carbocycles. The molecule has 0 saturated heterocycles. The summed E-state index contributed by atoms with van der Waals surface area (Å²) in [5.41, 5.74) is 1.78. The Morgan fingerprint density at radius 1 is 1.15 bits per heavy atom. The molecule has 0 bridgehead atoms. The lowest BCUT2D eigenvalue weighted by atomic mass is 10.2. The fourth-order valence-electron chi connectivity index (χ4n) is 2.43. The van der Waals surface area contributed by atoms with E-state index in [1.165, 1.54) is 0 Å². The molecule has 1 N–H and O–H groups in total. The van der Waals surface area contributed by atoms with E-state index in [1.807, 2.05) is 61.7 Å². The van der Waals surface area contributed by atoms with Crippen LogP contribution in [0.15, 0.2) is 42.7 Å². The Labute approximate surface area is 167 Å². The normalized spacial score (nSPS) is 10.8. The summed E-state index contributed by atoms with van der Waals surface area (Å²) in [7, 11) is 3.79. The molecular weight excluding hydrogens is 391 g/mol. The highest BCUT2D eigenvalue weighted by Gasteiger charge is 2.11. The molecule has 0 spiro atoms. The van der Waals surface area contributed by atoms with Gasteiger partial charge in [0.25, 0.3) is 0 Å². The number of aromatic nitrogens is 4. The van der Waals surface area contributed by atoms with Gasteiger partial charge in [-0.25, -0.2) is 0 Å². The molecule has 26 heavy (non-hydrogen) atoms. The number of hydrogen-bond acceptors (Lipinski definition) is 3. The highest BCUT2D eigenvalue weighted by Crippen LogP contribution is 2.25. The molecule has 1 aromatic carbocycles. The number of thiocarbonyl (C=S) groups is 1. The maximum atomic E-state index is 6.21. The molecule has 0 atom stereocenters. The summed E-state index contributed by atoms with van der Waals surface area (Å²) < 4.78 is 3.53.